The first kappa shape index (κ1) is 24.9. The van der Waals surface area contributed by atoms with Gasteiger partial charge in [-0.25, -0.2) is 0 Å². The Hall–Kier alpha value is -1.10. The van der Waals surface area contributed by atoms with Gasteiger partial charge >= 0.3 is 0 Å². The van der Waals surface area contributed by atoms with Crippen LogP contribution in [0.25, 0.3) is 0 Å². The number of alkyl halides is 1. The Balaban J connectivity index is 2.06. The van der Waals surface area contributed by atoms with Gasteiger partial charge in [0.25, 0.3) is 0 Å². The molecule has 0 aliphatic carbocycles. The minimum Gasteiger partial charge on any atom is -0.379 e. The molecule has 4 nitrogen and oxygen atoms in total. The maximum absolute atomic E-state index is 12.3. The van der Waals surface area contributed by atoms with E-state index in [0.717, 1.165) is 43.7 Å². The molecule has 0 aliphatic rings. The van der Waals surface area contributed by atoms with Crippen molar-refractivity contribution >= 4 is 17.5 Å². The largest absolute Gasteiger partial charge is 0.379 e. The molecule has 1 rings (SSSR count). The fourth-order valence-electron chi connectivity index (χ4n) is 2.94. The van der Waals surface area contributed by atoms with E-state index in [0.29, 0.717) is 32.3 Å². The van der Waals surface area contributed by atoms with Crippen LogP contribution in [0.2, 0.25) is 0 Å². The Morgan fingerprint density at radius 1 is 0.929 bits per heavy atom. The summed E-state index contributed by atoms with van der Waals surface area (Å²) < 4.78 is 11.0. The lowest BCUT2D eigenvalue weighted by molar-refractivity contribution is -0.122. The molecular weight excluding hydrogens is 374 g/mol. The van der Waals surface area contributed by atoms with Crippen molar-refractivity contribution in [3.05, 3.63) is 35.4 Å². The normalized spacial score (nSPS) is 12.3. The van der Waals surface area contributed by atoms with E-state index in [9.17, 15) is 4.79 Å². The smallest absolute Gasteiger partial charge is 0.227 e. The van der Waals surface area contributed by atoms with E-state index < -0.39 is 0 Å². The number of amides is 1. The second kappa shape index (κ2) is 15.8. The van der Waals surface area contributed by atoms with Crippen LogP contribution in [-0.2, 0) is 20.7 Å². The summed E-state index contributed by atoms with van der Waals surface area (Å²) in [5.41, 5.74) is 2.36. The van der Waals surface area contributed by atoms with Gasteiger partial charge in [0.2, 0.25) is 5.91 Å². The van der Waals surface area contributed by atoms with E-state index in [2.05, 4.69) is 43.4 Å². The minimum atomic E-state index is -0.157. The molecule has 1 amide bonds. The maximum Gasteiger partial charge on any atom is 0.227 e. The molecule has 1 N–H and O–H groups in total. The summed E-state index contributed by atoms with van der Waals surface area (Å²) in [4.78, 5) is 12.3. The zero-order valence-electron chi connectivity index (χ0n) is 17.8. The van der Waals surface area contributed by atoms with Crippen molar-refractivity contribution in [2.75, 3.05) is 38.9 Å². The first-order valence-electron chi connectivity index (χ1n) is 10.6. The maximum atomic E-state index is 12.3. The summed E-state index contributed by atoms with van der Waals surface area (Å²) in [6.07, 6.45) is 5.56. The quantitative estimate of drug-likeness (QED) is 0.309. The number of ether oxygens (including phenoxy) is 2. The number of hydrogen-bond acceptors (Lipinski definition) is 3. The Labute approximate surface area is 176 Å². The molecular formula is C23H38ClNO3. The van der Waals surface area contributed by atoms with Crippen LogP contribution in [0.5, 0.6) is 0 Å². The lowest BCUT2D eigenvalue weighted by Crippen LogP contribution is -2.31. The number of rotatable bonds is 16. The van der Waals surface area contributed by atoms with Crippen molar-refractivity contribution in [1.82, 2.24) is 5.32 Å². The van der Waals surface area contributed by atoms with Gasteiger partial charge in [0, 0.05) is 19.0 Å². The second-order valence-electron chi connectivity index (χ2n) is 7.68. The average molecular weight is 412 g/mol. The molecule has 0 heterocycles. The van der Waals surface area contributed by atoms with Gasteiger partial charge in [-0.3, -0.25) is 4.79 Å². The van der Waals surface area contributed by atoms with E-state index in [1.807, 2.05) is 6.92 Å². The number of halogens is 1. The van der Waals surface area contributed by atoms with Crippen LogP contribution in [0.4, 0.5) is 0 Å². The third-order valence-corrected chi connectivity index (χ3v) is 4.87. The lowest BCUT2D eigenvalue weighted by Gasteiger charge is -2.14. The first-order chi connectivity index (χ1) is 13.5. The summed E-state index contributed by atoms with van der Waals surface area (Å²) in [7, 11) is 0. The first-order valence-corrected chi connectivity index (χ1v) is 11.2. The van der Waals surface area contributed by atoms with Crippen molar-refractivity contribution in [1.29, 1.82) is 0 Å². The molecule has 160 valence electrons. The molecule has 1 atom stereocenters. The Bertz CT molecular complexity index is 519. The molecule has 0 aromatic heterocycles. The number of benzene rings is 1. The summed E-state index contributed by atoms with van der Waals surface area (Å²) >= 11 is 5.64. The van der Waals surface area contributed by atoms with Crippen LogP contribution >= 0.6 is 11.6 Å². The van der Waals surface area contributed by atoms with Gasteiger partial charge < -0.3 is 14.8 Å². The van der Waals surface area contributed by atoms with Crippen molar-refractivity contribution in [3.8, 4) is 0 Å². The highest BCUT2D eigenvalue weighted by Gasteiger charge is 2.14. The molecule has 0 aliphatic heterocycles. The molecule has 0 bridgehead atoms. The van der Waals surface area contributed by atoms with E-state index in [1.165, 1.54) is 12.0 Å². The topological polar surface area (TPSA) is 47.6 Å². The molecule has 28 heavy (non-hydrogen) atoms. The number of hydrogen-bond donors (Lipinski definition) is 1. The van der Waals surface area contributed by atoms with Gasteiger partial charge in [-0.2, -0.15) is 0 Å². The summed E-state index contributed by atoms with van der Waals surface area (Å²) in [6, 6.07) is 8.37. The second-order valence-corrected chi connectivity index (χ2v) is 8.06. The monoisotopic (exact) mass is 411 g/mol. The fraction of sp³-hybridized carbons (Fsp3) is 0.696. The minimum absolute atomic E-state index is 0.0356. The Morgan fingerprint density at radius 3 is 2.21 bits per heavy atom. The highest BCUT2D eigenvalue weighted by molar-refractivity contribution is 6.17. The molecule has 5 heteroatoms. The van der Waals surface area contributed by atoms with Crippen molar-refractivity contribution in [3.63, 3.8) is 0 Å². The van der Waals surface area contributed by atoms with Crippen LogP contribution in [0, 0.1) is 5.92 Å². The molecule has 0 saturated heterocycles. The Kier molecular flexibility index (Phi) is 14.1. The predicted molar refractivity (Wildman–Crippen MR) is 117 cm³/mol. The van der Waals surface area contributed by atoms with Gasteiger partial charge in [-0.15, -0.1) is 11.6 Å². The summed E-state index contributed by atoms with van der Waals surface area (Å²) in [6.45, 7) is 9.32. The zero-order valence-corrected chi connectivity index (χ0v) is 18.6. The van der Waals surface area contributed by atoms with Crippen LogP contribution < -0.4 is 5.32 Å². The average Bonchev–Trinajstić information content (AvgIpc) is 2.68. The van der Waals surface area contributed by atoms with E-state index in [4.69, 9.17) is 21.1 Å². The van der Waals surface area contributed by atoms with Gasteiger partial charge in [0.05, 0.1) is 25.7 Å². The fourth-order valence-corrected chi connectivity index (χ4v) is 3.13. The number of carbonyl (C=O) groups is 1. The van der Waals surface area contributed by atoms with E-state index >= 15 is 0 Å². The highest BCUT2D eigenvalue weighted by atomic mass is 35.5. The van der Waals surface area contributed by atoms with Crippen molar-refractivity contribution in [2.24, 2.45) is 5.92 Å². The number of carbonyl (C=O) groups excluding carboxylic acids is 1. The van der Waals surface area contributed by atoms with Gasteiger partial charge in [-0.05, 0) is 43.2 Å². The number of nitrogens with one attached hydrogen (secondary N) is 1. The van der Waals surface area contributed by atoms with Crippen molar-refractivity contribution < 1.29 is 14.3 Å². The van der Waals surface area contributed by atoms with Gasteiger partial charge in [-0.1, -0.05) is 51.0 Å². The predicted octanol–water partition coefficient (Wildman–Crippen LogP) is 4.94. The van der Waals surface area contributed by atoms with Gasteiger partial charge in [0.1, 0.15) is 0 Å². The molecule has 0 saturated carbocycles. The summed E-state index contributed by atoms with van der Waals surface area (Å²) in [5.74, 6) is 1.26. The van der Waals surface area contributed by atoms with Crippen LogP contribution in [0.3, 0.4) is 0 Å². The molecule has 0 fully saturated rings. The zero-order chi connectivity index (χ0) is 20.6. The molecule has 1 aromatic carbocycles. The number of unbranched alkanes of at least 4 members (excludes halogenated alkanes) is 3. The van der Waals surface area contributed by atoms with Crippen LogP contribution in [-0.4, -0.2) is 44.8 Å². The van der Waals surface area contributed by atoms with Crippen LogP contribution in [0.1, 0.15) is 63.5 Å². The standard InChI is InChI=1S/C23H38ClNO3/c1-19(2)18-21-8-10-22(11-9-21)20(3)23(26)25-13-15-28-17-16-27-14-7-5-4-6-12-24/h8-11,19-20H,4-7,12-18H2,1-3H3,(H,25,26)/t20-/m0/s1. The summed E-state index contributed by atoms with van der Waals surface area (Å²) in [5, 5.41) is 2.94. The third kappa shape index (κ3) is 11.7. The third-order valence-electron chi connectivity index (χ3n) is 4.61. The van der Waals surface area contributed by atoms with Crippen LogP contribution in [0.15, 0.2) is 24.3 Å². The van der Waals surface area contributed by atoms with Gasteiger partial charge in [0.15, 0.2) is 0 Å². The van der Waals surface area contributed by atoms with E-state index in [-0.39, 0.29) is 11.8 Å². The SMILES string of the molecule is CC(C)Cc1ccc([C@H](C)C(=O)NCCOCCOCCCCCCCl)cc1. The highest BCUT2D eigenvalue weighted by Crippen LogP contribution is 2.17. The Morgan fingerprint density at radius 2 is 1.57 bits per heavy atom. The van der Waals surface area contributed by atoms with Crippen molar-refractivity contribution in [2.45, 2.75) is 58.8 Å². The molecule has 0 radical (unpaired) electrons. The van der Waals surface area contributed by atoms with E-state index in [1.54, 1.807) is 0 Å². The molecule has 0 spiro atoms. The lowest BCUT2D eigenvalue weighted by atomic mass is 9.96. The molecule has 1 aromatic rings. The molecule has 0 unspecified atom stereocenters.